The Morgan fingerprint density at radius 3 is 2.42 bits per heavy atom. The van der Waals surface area contributed by atoms with E-state index in [1.54, 1.807) is 6.07 Å². The van der Waals surface area contributed by atoms with Gasteiger partial charge in [0.15, 0.2) is 0 Å². The predicted molar refractivity (Wildman–Crippen MR) is 76.8 cm³/mol. The molecular weight excluding hydrogens is 264 g/mol. The molecule has 0 aliphatic rings. The van der Waals surface area contributed by atoms with E-state index in [-0.39, 0.29) is 19.0 Å². The Balaban J connectivity index is 3.01. The van der Waals surface area contributed by atoms with Crippen LogP contribution < -0.4 is 9.62 Å². The summed E-state index contributed by atoms with van der Waals surface area (Å²) in [5, 5.41) is 2.60. The lowest BCUT2D eigenvalue weighted by Gasteiger charge is -2.24. The number of carbonyl (C=O) groups excluding carboxylic acids is 1. The van der Waals surface area contributed by atoms with Crippen molar-refractivity contribution in [3.8, 4) is 0 Å². The number of rotatable bonds is 5. The molecule has 0 unspecified atom stereocenters. The van der Waals surface area contributed by atoms with Crippen LogP contribution in [-0.2, 0) is 14.8 Å². The molecule has 1 aromatic rings. The maximum atomic E-state index is 11.9. The number of benzene rings is 1. The largest absolute Gasteiger partial charge is 0.355 e. The summed E-state index contributed by atoms with van der Waals surface area (Å²) in [4.78, 5) is 10.8. The van der Waals surface area contributed by atoms with Crippen molar-refractivity contribution in [3.63, 3.8) is 0 Å². The molecule has 0 aromatic heterocycles. The molecule has 0 saturated heterocycles. The minimum Gasteiger partial charge on any atom is -0.355 e. The molecule has 1 rings (SSSR count). The van der Waals surface area contributed by atoms with Gasteiger partial charge in [0, 0.05) is 13.5 Å². The molecule has 1 amide bonds. The first-order valence-corrected chi connectivity index (χ1v) is 7.86. The maximum Gasteiger partial charge on any atom is 0.232 e. The Morgan fingerprint density at radius 2 is 1.95 bits per heavy atom. The lowest BCUT2D eigenvalue weighted by molar-refractivity contribution is -0.118. The monoisotopic (exact) mass is 284 g/mol. The second kappa shape index (κ2) is 6.06. The van der Waals surface area contributed by atoms with Crippen LogP contribution in [0, 0.1) is 13.8 Å². The molecule has 0 bridgehead atoms. The number of amides is 1. The molecule has 0 heterocycles. The molecular formula is C13H20N2O3S. The second-order valence-corrected chi connectivity index (χ2v) is 6.51. The van der Waals surface area contributed by atoms with Crippen LogP contribution in [0.3, 0.4) is 0 Å². The highest BCUT2D eigenvalue weighted by Gasteiger charge is 2.18. The third-order valence-electron chi connectivity index (χ3n) is 2.71. The van der Waals surface area contributed by atoms with Gasteiger partial charge in [-0.25, -0.2) is 8.42 Å². The molecule has 0 radical (unpaired) electrons. The molecule has 106 valence electrons. The van der Waals surface area contributed by atoms with Crippen molar-refractivity contribution in [2.45, 2.75) is 20.8 Å². The van der Waals surface area contributed by atoms with Crippen molar-refractivity contribution in [2.24, 2.45) is 0 Å². The summed E-state index contributed by atoms with van der Waals surface area (Å²) in [6, 6.07) is 5.60. The minimum atomic E-state index is -3.37. The first kappa shape index (κ1) is 15.5. The van der Waals surface area contributed by atoms with Gasteiger partial charge in [-0.2, -0.15) is 0 Å². The highest BCUT2D eigenvalue weighted by Crippen LogP contribution is 2.23. The summed E-state index contributed by atoms with van der Waals surface area (Å²) in [7, 11) is -3.37. The minimum absolute atomic E-state index is 0.172. The Hall–Kier alpha value is -1.56. The Kier molecular flexibility index (Phi) is 4.94. The van der Waals surface area contributed by atoms with Gasteiger partial charge in [-0.15, -0.1) is 0 Å². The number of anilines is 1. The normalized spacial score (nSPS) is 11.2. The zero-order chi connectivity index (χ0) is 14.6. The van der Waals surface area contributed by atoms with Gasteiger partial charge >= 0.3 is 0 Å². The topological polar surface area (TPSA) is 66.5 Å². The van der Waals surface area contributed by atoms with Gasteiger partial charge in [-0.05, 0) is 25.5 Å². The van der Waals surface area contributed by atoms with E-state index in [1.165, 1.54) is 17.5 Å². The summed E-state index contributed by atoms with van der Waals surface area (Å²) in [5.41, 5.74) is 2.63. The molecule has 1 N–H and O–H groups in total. The van der Waals surface area contributed by atoms with Gasteiger partial charge in [0.25, 0.3) is 0 Å². The van der Waals surface area contributed by atoms with Crippen LogP contribution in [0.25, 0.3) is 0 Å². The molecule has 1 aromatic carbocycles. The van der Waals surface area contributed by atoms with Crippen molar-refractivity contribution >= 4 is 21.6 Å². The van der Waals surface area contributed by atoms with E-state index in [1.807, 2.05) is 26.0 Å². The first-order valence-electron chi connectivity index (χ1n) is 6.01. The van der Waals surface area contributed by atoms with Gasteiger partial charge in [0.1, 0.15) is 0 Å². The lowest BCUT2D eigenvalue weighted by Crippen LogP contribution is -2.37. The fourth-order valence-corrected chi connectivity index (χ4v) is 2.87. The second-order valence-electron chi connectivity index (χ2n) is 4.61. The summed E-state index contributed by atoms with van der Waals surface area (Å²) in [6.45, 7) is 5.75. The summed E-state index contributed by atoms with van der Waals surface area (Å²) in [6.07, 6.45) is 1.17. The van der Waals surface area contributed by atoms with Gasteiger partial charge in [-0.3, -0.25) is 9.10 Å². The first-order chi connectivity index (χ1) is 8.71. The molecule has 0 aliphatic heterocycles. The standard InChI is InChI=1S/C13H20N2O3S/c1-10-5-6-13(11(2)9-10)15(19(4,17)18)8-7-14-12(3)16/h5-6,9H,7-8H2,1-4H3,(H,14,16). The highest BCUT2D eigenvalue weighted by molar-refractivity contribution is 7.92. The van der Waals surface area contributed by atoms with Crippen molar-refractivity contribution < 1.29 is 13.2 Å². The zero-order valence-electron chi connectivity index (χ0n) is 11.7. The van der Waals surface area contributed by atoms with Crippen molar-refractivity contribution in [2.75, 3.05) is 23.7 Å². The molecule has 0 aliphatic carbocycles. The summed E-state index contributed by atoms with van der Waals surface area (Å²) < 4.78 is 25.0. The summed E-state index contributed by atoms with van der Waals surface area (Å²) in [5.74, 6) is -0.172. The van der Waals surface area contributed by atoms with E-state index in [9.17, 15) is 13.2 Å². The number of aryl methyl sites for hydroxylation is 2. The van der Waals surface area contributed by atoms with E-state index in [4.69, 9.17) is 0 Å². The SMILES string of the molecule is CC(=O)NCCN(c1ccc(C)cc1C)S(C)(=O)=O. The Bertz CT molecular complexity index is 567. The number of hydrogen-bond acceptors (Lipinski definition) is 3. The fourth-order valence-electron chi connectivity index (χ4n) is 1.88. The van der Waals surface area contributed by atoms with Crippen LogP contribution in [-0.4, -0.2) is 33.7 Å². The molecule has 19 heavy (non-hydrogen) atoms. The predicted octanol–water partition coefficient (Wildman–Crippen LogP) is 1.21. The van der Waals surface area contributed by atoms with E-state index in [0.29, 0.717) is 5.69 Å². The maximum absolute atomic E-state index is 11.9. The fraction of sp³-hybridized carbons (Fsp3) is 0.462. The average Bonchev–Trinajstić information content (AvgIpc) is 2.24. The smallest absolute Gasteiger partial charge is 0.232 e. The Morgan fingerprint density at radius 1 is 1.32 bits per heavy atom. The third kappa shape index (κ3) is 4.55. The van der Waals surface area contributed by atoms with Crippen LogP contribution in [0.1, 0.15) is 18.1 Å². The average molecular weight is 284 g/mol. The molecule has 0 saturated carbocycles. The van der Waals surface area contributed by atoms with Crippen molar-refractivity contribution in [3.05, 3.63) is 29.3 Å². The Labute approximate surface area is 114 Å². The quantitative estimate of drug-likeness (QED) is 0.883. The van der Waals surface area contributed by atoms with Crippen LogP contribution in [0.15, 0.2) is 18.2 Å². The van der Waals surface area contributed by atoms with E-state index >= 15 is 0 Å². The van der Waals surface area contributed by atoms with Crippen LogP contribution >= 0.6 is 0 Å². The molecule has 0 atom stereocenters. The van der Waals surface area contributed by atoms with Gasteiger partial charge in [-0.1, -0.05) is 17.7 Å². The lowest BCUT2D eigenvalue weighted by atomic mass is 10.1. The number of nitrogens with zero attached hydrogens (tertiary/aromatic N) is 1. The zero-order valence-corrected chi connectivity index (χ0v) is 12.5. The number of nitrogens with one attached hydrogen (secondary N) is 1. The van der Waals surface area contributed by atoms with Gasteiger partial charge in [0.05, 0.1) is 18.5 Å². The molecule has 5 nitrogen and oxygen atoms in total. The number of hydrogen-bond donors (Lipinski definition) is 1. The van der Waals surface area contributed by atoms with E-state index in [0.717, 1.165) is 11.1 Å². The van der Waals surface area contributed by atoms with Crippen LogP contribution in [0.5, 0.6) is 0 Å². The molecule has 6 heteroatoms. The highest BCUT2D eigenvalue weighted by atomic mass is 32.2. The van der Waals surface area contributed by atoms with Gasteiger partial charge in [0.2, 0.25) is 15.9 Å². The van der Waals surface area contributed by atoms with Crippen molar-refractivity contribution in [1.29, 1.82) is 0 Å². The van der Waals surface area contributed by atoms with E-state index < -0.39 is 10.0 Å². The molecule has 0 fully saturated rings. The van der Waals surface area contributed by atoms with Crippen LogP contribution in [0.4, 0.5) is 5.69 Å². The van der Waals surface area contributed by atoms with Crippen molar-refractivity contribution in [1.82, 2.24) is 5.32 Å². The van der Waals surface area contributed by atoms with Crippen LogP contribution in [0.2, 0.25) is 0 Å². The van der Waals surface area contributed by atoms with Gasteiger partial charge < -0.3 is 5.32 Å². The summed E-state index contributed by atoms with van der Waals surface area (Å²) >= 11 is 0. The van der Waals surface area contributed by atoms with E-state index in [2.05, 4.69) is 5.32 Å². The third-order valence-corrected chi connectivity index (χ3v) is 3.89. The number of sulfonamides is 1. The number of carbonyl (C=O) groups is 1. The molecule has 0 spiro atoms.